The molecule has 16 heavy (non-hydrogen) atoms. The van der Waals surface area contributed by atoms with Gasteiger partial charge in [0.15, 0.2) is 0 Å². The second-order valence-corrected chi connectivity index (χ2v) is 5.69. The number of nitrogens with two attached hydrogens (primary N) is 1. The van der Waals surface area contributed by atoms with Gasteiger partial charge in [0, 0.05) is 18.5 Å². The molecule has 0 aromatic heterocycles. The highest BCUT2D eigenvalue weighted by atomic mass is 16.1. The molecule has 1 aliphatic rings. The van der Waals surface area contributed by atoms with Crippen molar-refractivity contribution < 1.29 is 4.79 Å². The third-order valence-corrected chi connectivity index (χ3v) is 4.37. The fourth-order valence-corrected chi connectivity index (χ4v) is 2.69. The van der Waals surface area contributed by atoms with Crippen molar-refractivity contribution in [2.75, 3.05) is 6.54 Å². The van der Waals surface area contributed by atoms with Gasteiger partial charge in [-0.05, 0) is 30.6 Å². The van der Waals surface area contributed by atoms with Crippen molar-refractivity contribution in [3.8, 4) is 0 Å². The Morgan fingerprint density at radius 1 is 1.44 bits per heavy atom. The van der Waals surface area contributed by atoms with Crippen molar-refractivity contribution in [3.63, 3.8) is 0 Å². The lowest BCUT2D eigenvalue weighted by Gasteiger charge is -2.46. The van der Waals surface area contributed by atoms with Crippen LogP contribution in [0.2, 0.25) is 0 Å². The molecular weight excluding hydrogens is 200 g/mol. The Kier molecular flexibility index (Phi) is 4.36. The van der Waals surface area contributed by atoms with Crippen molar-refractivity contribution >= 4 is 5.91 Å². The first-order valence-corrected chi connectivity index (χ1v) is 6.44. The van der Waals surface area contributed by atoms with Gasteiger partial charge in [0.1, 0.15) is 0 Å². The molecule has 0 aliphatic heterocycles. The van der Waals surface area contributed by atoms with Crippen molar-refractivity contribution in [3.05, 3.63) is 0 Å². The number of hydrogen-bond acceptors (Lipinski definition) is 2. The zero-order chi connectivity index (χ0) is 12.3. The van der Waals surface area contributed by atoms with Crippen LogP contribution in [0.5, 0.6) is 0 Å². The molecule has 1 saturated carbocycles. The van der Waals surface area contributed by atoms with Gasteiger partial charge in [0.05, 0.1) is 0 Å². The van der Waals surface area contributed by atoms with Gasteiger partial charge in [0.25, 0.3) is 0 Å². The Morgan fingerprint density at radius 3 is 2.62 bits per heavy atom. The maximum atomic E-state index is 12.1. The normalized spacial score (nSPS) is 33.4. The summed E-state index contributed by atoms with van der Waals surface area (Å²) < 4.78 is 0. The summed E-state index contributed by atoms with van der Waals surface area (Å²) in [5.41, 5.74) is 6.09. The van der Waals surface area contributed by atoms with E-state index in [1.54, 1.807) is 0 Å². The summed E-state index contributed by atoms with van der Waals surface area (Å²) in [6.07, 6.45) is 2.89. The summed E-state index contributed by atoms with van der Waals surface area (Å²) in [6.45, 7) is 9.38. The fraction of sp³-hybridized carbons (Fsp3) is 0.923. The van der Waals surface area contributed by atoms with Crippen LogP contribution < -0.4 is 11.1 Å². The zero-order valence-electron chi connectivity index (χ0n) is 11.0. The van der Waals surface area contributed by atoms with Gasteiger partial charge in [-0.1, -0.05) is 27.7 Å². The smallest absolute Gasteiger partial charge is 0.223 e. The lowest BCUT2D eigenvalue weighted by Crippen LogP contribution is -2.51. The SMILES string of the molecule is CCCNC(=O)C1CCC(N)C(C)C1(C)C. The molecule has 1 rings (SSSR count). The minimum absolute atomic E-state index is 0.00942. The van der Waals surface area contributed by atoms with E-state index < -0.39 is 0 Å². The third-order valence-electron chi connectivity index (χ3n) is 4.37. The van der Waals surface area contributed by atoms with Crippen molar-refractivity contribution in [2.45, 2.75) is 53.0 Å². The van der Waals surface area contributed by atoms with Crippen LogP contribution >= 0.6 is 0 Å². The van der Waals surface area contributed by atoms with Gasteiger partial charge in [-0.2, -0.15) is 0 Å². The van der Waals surface area contributed by atoms with E-state index in [9.17, 15) is 4.79 Å². The van der Waals surface area contributed by atoms with Crippen LogP contribution in [0.3, 0.4) is 0 Å². The highest BCUT2D eigenvalue weighted by molar-refractivity contribution is 5.79. The minimum Gasteiger partial charge on any atom is -0.356 e. The Bertz CT molecular complexity index is 250. The number of hydrogen-bond donors (Lipinski definition) is 2. The van der Waals surface area contributed by atoms with Gasteiger partial charge < -0.3 is 11.1 Å². The monoisotopic (exact) mass is 226 g/mol. The van der Waals surface area contributed by atoms with Crippen molar-refractivity contribution in [1.82, 2.24) is 5.32 Å². The fourth-order valence-electron chi connectivity index (χ4n) is 2.69. The van der Waals surface area contributed by atoms with Crippen LogP contribution in [0.1, 0.15) is 47.0 Å². The van der Waals surface area contributed by atoms with E-state index in [0.717, 1.165) is 25.8 Å². The molecule has 94 valence electrons. The lowest BCUT2D eigenvalue weighted by atomic mass is 9.61. The summed E-state index contributed by atoms with van der Waals surface area (Å²) in [6, 6.07) is 0.241. The second kappa shape index (κ2) is 5.17. The standard InChI is InChI=1S/C13H26N2O/c1-5-8-15-12(16)10-6-7-11(14)9(2)13(10,3)4/h9-11H,5-8,14H2,1-4H3,(H,15,16). The van der Waals surface area contributed by atoms with Crippen LogP contribution in [-0.2, 0) is 4.79 Å². The summed E-state index contributed by atoms with van der Waals surface area (Å²) >= 11 is 0. The molecule has 3 heteroatoms. The number of amides is 1. The van der Waals surface area contributed by atoms with Crippen LogP contribution in [0.4, 0.5) is 0 Å². The maximum Gasteiger partial charge on any atom is 0.223 e. The summed E-state index contributed by atoms with van der Waals surface area (Å²) in [7, 11) is 0. The topological polar surface area (TPSA) is 55.1 Å². The van der Waals surface area contributed by atoms with E-state index in [0.29, 0.717) is 5.92 Å². The largest absolute Gasteiger partial charge is 0.356 e. The Morgan fingerprint density at radius 2 is 2.06 bits per heavy atom. The van der Waals surface area contributed by atoms with E-state index in [1.165, 1.54) is 0 Å². The highest BCUT2D eigenvalue weighted by Crippen LogP contribution is 2.44. The summed E-state index contributed by atoms with van der Waals surface area (Å²) in [5, 5.41) is 3.01. The Hall–Kier alpha value is -0.570. The molecular formula is C13H26N2O. The van der Waals surface area contributed by atoms with Crippen molar-refractivity contribution in [1.29, 1.82) is 0 Å². The quantitative estimate of drug-likeness (QED) is 0.772. The summed E-state index contributed by atoms with van der Waals surface area (Å²) in [5.74, 6) is 0.734. The average Bonchev–Trinajstić information content (AvgIpc) is 2.23. The molecule has 3 atom stereocenters. The molecule has 0 spiro atoms. The van der Waals surface area contributed by atoms with Crippen LogP contribution in [0, 0.1) is 17.3 Å². The molecule has 1 amide bonds. The minimum atomic E-state index is 0.00942. The van der Waals surface area contributed by atoms with Gasteiger partial charge in [0.2, 0.25) is 5.91 Å². The highest BCUT2D eigenvalue weighted by Gasteiger charge is 2.44. The number of nitrogens with one attached hydrogen (secondary N) is 1. The molecule has 0 aromatic carbocycles. The average molecular weight is 226 g/mol. The van der Waals surface area contributed by atoms with Crippen LogP contribution in [0.15, 0.2) is 0 Å². The van der Waals surface area contributed by atoms with Gasteiger partial charge in [-0.25, -0.2) is 0 Å². The molecule has 1 aliphatic carbocycles. The zero-order valence-corrected chi connectivity index (χ0v) is 11.0. The third kappa shape index (κ3) is 2.57. The van der Waals surface area contributed by atoms with Gasteiger partial charge in [-0.3, -0.25) is 4.79 Å². The van der Waals surface area contributed by atoms with Gasteiger partial charge >= 0.3 is 0 Å². The maximum absolute atomic E-state index is 12.1. The van der Waals surface area contributed by atoms with Crippen molar-refractivity contribution in [2.24, 2.45) is 23.0 Å². The van der Waals surface area contributed by atoms with Crippen LogP contribution in [0.25, 0.3) is 0 Å². The molecule has 0 aromatic rings. The molecule has 0 bridgehead atoms. The molecule has 0 saturated heterocycles. The lowest BCUT2D eigenvalue weighted by molar-refractivity contribution is -0.132. The number of carbonyl (C=O) groups is 1. The van der Waals surface area contributed by atoms with Crippen LogP contribution in [-0.4, -0.2) is 18.5 Å². The molecule has 3 unspecified atom stereocenters. The molecule has 0 heterocycles. The molecule has 3 N–H and O–H groups in total. The number of rotatable bonds is 3. The predicted molar refractivity (Wildman–Crippen MR) is 66.9 cm³/mol. The van der Waals surface area contributed by atoms with E-state index in [2.05, 4.69) is 33.0 Å². The van der Waals surface area contributed by atoms with E-state index in [4.69, 9.17) is 5.73 Å². The Labute approximate surface area is 99.2 Å². The van der Waals surface area contributed by atoms with E-state index >= 15 is 0 Å². The first-order valence-electron chi connectivity index (χ1n) is 6.44. The van der Waals surface area contributed by atoms with E-state index in [-0.39, 0.29) is 23.3 Å². The Balaban J connectivity index is 2.69. The molecule has 3 nitrogen and oxygen atoms in total. The summed E-state index contributed by atoms with van der Waals surface area (Å²) in [4.78, 5) is 12.1. The first kappa shape index (κ1) is 13.5. The van der Waals surface area contributed by atoms with Gasteiger partial charge in [-0.15, -0.1) is 0 Å². The predicted octanol–water partition coefficient (Wildman–Crippen LogP) is 1.91. The second-order valence-electron chi connectivity index (χ2n) is 5.69. The van der Waals surface area contributed by atoms with E-state index in [1.807, 2.05) is 0 Å². The number of carbonyl (C=O) groups excluding carboxylic acids is 1. The molecule has 0 radical (unpaired) electrons. The molecule has 1 fully saturated rings. The first-order chi connectivity index (χ1) is 7.41.